The molecule has 0 amide bonds. The number of nitrogens with one attached hydrogen (secondary N) is 1. The average Bonchev–Trinajstić information content (AvgIpc) is 3.22. The number of guanidine groups is 1. The third-order valence-electron chi connectivity index (χ3n) is 5.30. The summed E-state index contributed by atoms with van der Waals surface area (Å²) < 4.78 is 11.1. The smallest absolute Gasteiger partial charge is 0.193 e. The van der Waals surface area contributed by atoms with E-state index in [1.165, 1.54) is 5.56 Å². The molecule has 0 bridgehead atoms. The summed E-state index contributed by atoms with van der Waals surface area (Å²) in [5.41, 5.74) is 1.27. The molecule has 1 N–H and O–H groups in total. The summed E-state index contributed by atoms with van der Waals surface area (Å²) in [6, 6.07) is 8.13. The maximum atomic E-state index is 6.09. The zero-order valence-corrected chi connectivity index (χ0v) is 20.4. The summed E-state index contributed by atoms with van der Waals surface area (Å²) in [5.74, 6) is 1.58. The van der Waals surface area contributed by atoms with Crippen molar-refractivity contribution < 1.29 is 9.47 Å². The van der Waals surface area contributed by atoms with Gasteiger partial charge in [-0.1, -0.05) is 23.7 Å². The summed E-state index contributed by atoms with van der Waals surface area (Å²) in [5, 5.41) is 4.28. The predicted octanol–water partition coefficient (Wildman–Crippen LogP) is 3.09. The number of ether oxygens (including phenoxy) is 2. The molecule has 1 aromatic rings. The standard InChI is InChI=1S/C21H33ClN4O2.HI/c1-23-21(24-7-3-12-27-16-19-6-13-28-17-19)26-10-8-25(9-11-26)15-18-4-2-5-20(22)14-18;/h2,4-5,14,19H,3,6-13,15-17H2,1H3,(H,23,24);1H. The van der Waals surface area contributed by atoms with Crippen molar-refractivity contribution in [3.63, 3.8) is 0 Å². The Morgan fingerprint density at radius 1 is 1.31 bits per heavy atom. The zero-order valence-electron chi connectivity index (χ0n) is 17.3. The Hall–Kier alpha value is -0.610. The van der Waals surface area contributed by atoms with Gasteiger partial charge in [-0.15, -0.1) is 24.0 Å². The molecule has 8 heteroatoms. The summed E-state index contributed by atoms with van der Waals surface area (Å²) in [6.45, 7) is 9.21. The molecule has 29 heavy (non-hydrogen) atoms. The summed E-state index contributed by atoms with van der Waals surface area (Å²) >= 11 is 6.09. The van der Waals surface area contributed by atoms with Crippen LogP contribution in [-0.4, -0.2) is 82.0 Å². The van der Waals surface area contributed by atoms with E-state index >= 15 is 0 Å². The lowest BCUT2D eigenvalue weighted by Crippen LogP contribution is -2.52. The van der Waals surface area contributed by atoms with E-state index in [1.807, 2.05) is 19.2 Å². The van der Waals surface area contributed by atoms with Crippen LogP contribution in [0.1, 0.15) is 18.4 Å². The van der Waals surface area contributed by atoms with Gasteiger partial charge in [0.25, 0.3) is 0 Å². The lowest BCUT2D eigenvalue weighted by atomic mass is 10.1. The highest BCUT2D eigenvalue weighted by atomic mass is 127. The SMILES string of the molecule is CN=C(NCCCOCC1CCOC1)N1CCN(Cc2cccc(Cl)c2)CC1.I. The first kappa shape index (κ1) is 24.7. The Balaban J connectivity index is 0.00000300. The van der Waals surface area contributed by atoms with E-state index in [1.54, 1.807) is 0 Å². The molecule has 1 aromatic carbocycles. The highest BCUT2D eigenvalue weighted by Gasteiger charge is 2.19. The lowest BCUT2D eigenvalue weighted by molar-refractivity contribution is 0.0886. The van der Waals surface area contributed by atoms with Gasteiger partial charge < -0.3 is 19.7 Å². The van der Waals surface area contributed by atoms with Crippen molar-refractivity contribution in [1.29, 1.82) is 0 Å². The first-order valence-electron chi connectivity index (χ1n) is 10.3. The molecule has 0 radical (unpaired) electrons. The van der Waals surface area contributed by atoms with Gasteiger partial charge >= 0.3 is 0 Å². The molecule has 1 unspecified atom stereocenters. The summed E-state index contributed by atoms with van der Waals surface area (Å²) in [6.07, 6.45) is 2.12. The van der Waals surface area contributed by atoms with Crippen LogP contribution in [0.25, 0.3) is 0 Å². The topological polar surface area (TPSA) is 49.3 Å². The minimum Gasteiger partial charge on any atom is -0.381 e. The van der Waals surface area contributed by atoms with Crippen LogP contribution in [0.5, 0.6) is 0 Å². The first-order chi connectivity index (χ1) is 13.7. The molecule has 2 saturated heterocycles. The monoisotopic (exact) mass is 536 g/mol. The lowest BCUT2D eigenvalue weighted by Gasteiger charge is -2.36. The van der Waals surface area contributed by atoms with Crippen molar-refractivity contribution in [3.05, 3.63) is 34.9 Å². The fourth-order valence-electron chi connectivity index (χ4n) is 3.68. The first-order valence-corrected chi connectivity index (χ1v) is 10.7. The van der Waals surface area contributed by atoms with Gasteiger partial charge in [0, 0.05) is 70.5 Å². The van der Waals surface area contributed by atoms with Crippen molar-refractivity contribution in [1.82, 2.24) is 15.1 Å². The van der Waals surface area contributed by atoms with E-state index in [2.05, 4.69) is 32.2 Å². The van der Waals surface area contributed by atoms with Gasteiger partial charge in [-0.3, -0.25) is 9.89 Å². The number of hydrogen-bond acceptors (Lipinski definition) is 4. The number of benzene rings is 1. The fourth-order valence-corrected chi connectivity index (χ4v) is 3.90. The van der Waals surface area contributed by atoms with Gasteiger partial charge in [-0.2, -0.15) is 0 Å². The molecule has 0 aliphatic carbocycles. The van der Waals surface area contributed by atoms with Crippen LogP contribution in [0.4, 0.5) is 0 Å². The Bertz CT molecular complexity index is 620. The molecule has 2 aliphatic rings. The normalized spacial score (nSPS) is 20.6. The fraction of sp³-hybridized carbons (Fsp3) is 0.667. The number of aliphatic imine (C=N–C) groups is 1. The van der Waals surface area contributed by atoms with E-state index in [0.29, 0.717) is 5.92 Å². The maximum Gasteiger partial charge on any atom is 0.193 e. The molecule has 2 fully saturated rings. The third-order valence-corrected chi connectivity index (χ3v) is 5.54. The number of piperazine rings is 1. The van der Waals surface area contributed by atoms with Crippen LogP contribution in [0, 0.1) is 5.92 Å². The second-order valence-electron chi connectivity index (χ2n) is 7.53. The van der Waals surface area contributed by atoms with Gasteiger partial charge in [0.1, 0.15) is 0 Å². The highest BCUT2D eigenvalue weighted by Crippen LogP contribution is 2.14. The molecule has 0 aromatic heterocycles. The van der Waals surface area contributed by atoms with Crippen LogP contribution in [-0.2, 0) is 16.0 Å². The van der Waals surface area contributed by atoms with Crippen molar-refractivity contribution in [2.75, 3.05) is 66.2 Å². The Morgan fingerprint density at radius 2 is 2.14 bits per heavy atom. The minimum atomic E-state index is 0. The van der Waals surface area contributed by atoms with E-state index in [4.69, 9.17) is 21.1 Å². The van der Waals surface area contributed by atoms with E-state index in [0.717, 1.165) is 89.5 Å². The Labute approximate surface area is 197 Å². The number of rotatable bonds is 8. The van der Waals surface area contributed by atoms with Gasteiger partial charge in [-0.25, -0.2) is 0 Å². The van der Waals surface area contributed by atoms with E-state index in [-0.39, 0.29) is 24.0 Å². The predicted molar refractivity (Wildman–Crippen MR) is 129 cm³/mol. The van der Waals surface area contributed by atoms with Gasteiger partial charge in [0.2, 0.25) is 0 Å². The molecule has 0 saturated carbocycles. The molecule has 2 heterocycles. The van der Waals surface area contributed by atoms with Crippen LogP contribution in [0.3, 0.4) is 0 Å². The molecule has 1 atom stereocenters. The minimum absolute atomic E-state index is 0. The van der Waals surface area contributed by atoms with E-state index < -0.39 is 0 Å². The second-order valence-corrected chi connectivity index (χ2v) is 7.96. The van der Waals surface area contributed by atoms with Gasteiger partial charge in [0.05, 0.1) is 13.2 Å². The molecular formula is C21H34ClIN4O2. The van der Waals surface area contributed by atoms with Gasteiger partial charge in [0.15, 0.2) is 5.96 Å². The maximum absolute atomic E-state index is 6.09. The van der Waals surface area contributed by atoms with Crippen LogP contribution < -0.4 is 5.32 Å². The average molecular weight is 537 g/mol. The molecule has 3 rings (SSSR count). The van der Waals surface area contributed by atoms with Crippen molar-refractivity contribution >= 4 is 41.5 Å². The Morgan fingerprint density at radius 3 is 2.83 bits per heavy atom. The van der Waals surface area contributed by atoms with Gasteiger partial charge in [-0.05, 0) is 30.5 Å². The highest BCUT2D eigenvalue weighted by molar-refractivity contribution is 14.0. The molecule has 164 valence electrons. The molecule has 6 nitrogen and oxygen atoms in total. The van der Waals surface area contributed by atoms with E-state index in [9.17, 15) is 0 Å². The van der Waals surface area contributed by atoms with Crippen molar-refractivity contribution in [2.24, 2.45) is 10.9 Å². The summed E-state index contributed by atoms with van der Waals surface area (Å²) in [7, 11) is 1.86. The third kappa shape index (κ3) is 8.57. The van der Waals surface area contributed by atoms with Crippen LogP contribution in [0.15, 0.2) is 29.3 Å². The van der Waals surface area contributed by atoms with Crippen molar-refractivity contribution in [3.8, 4) is 0 Å². The molecule has 0 spiro atoms. The molecular weight excluding hydrogens is 503 g/mol. The number of nitrogens with zero attached hydrogens (tertiary/aromatic N) is 3. The molecule has 2 aliphatic heterocycles. The zero-order chi connectivity index (χ0) is 19.6. The second kappa shape index (κ2) is 13.6. The quantitative estimate of drug-likeness (QED) is 0.240. The summed E-state index contributed by atoms with van der Waals surface area (Å²) in [4.78, 5) is 9.26. The number of hydrogen-bond donors (Lipinski definition) is 1. The van der Waals surface area contributed by atoms with Crippen LogP contribution in [0.2, 0.25) is 5.02 Å². The largest absolute Gasteiger partial charge is 0.381 e. The van der Waals surface area contributed by atoms with Crippen LogP contribution >= 0.6 is 35.6 Å². The van der Waals surface area contributed by atoms with Crippen molar-refractivity contribution in [2.45, 2.75) is 19.4 Å². The Kier molecular flexibility index (Phi) is 11.6. The number of halogens is 2.